The molecule has 1 fully saturated rings. The monoisotopic (exact) mass is 399 g/mol. The highest BCUT2D eigenvalue weighted by Gasteiger charge is 2.35. The number of thioether (sulfide) groups is 1. The number of carbonyl (C=O) groups excluding carboxylic acids is 2. The number of ether oxygens (including phenoxy) is 2. The molecule has 1 aliphatic rings. The minimum Gasteiger partial charge on any atom is -0.507 e. The molecule has 146 valence electrons. The lowest BCUT2D eigenvalue weighted by molar-refractivity contribution is -0.123. The van der Waals surface area contributed by atoms with E-state index in [0.29, 0.717) is 23.7 Å². The van der Waals surface area contributed by atoms with Crippen LogP contribution in [0, 0.1) is 6.92 Å². The van der Waals surface area contributed by atoms with E-state index in [1.807, 2.05) is 38.1 Å². The number of aromatic hydroxyl groups is 1. The zero-order valence-electron chi connectivity index (χ0n) is 15.7. The fourth-order valence-electron chi connectivity index (χ4n) is 2.70. The van der Waals surface area contributed by atoms with Gasteiger partial charge in [0.2, 0.25) is 0 Å². The minimum atomic E-state index is -0.399. The first-order valence-electron chi connectivity index (χ1n) is 8.88. The fraction of sp³-hybridized carbons (Fsp3) is 0.238. The first-order valence-corrected chi connectivity index (χ1v) is 9.70. The number of benzene rings is 2. The van der Waals surface area contributed by atoms with Crippen molar-refractivity contribution in [2.45, 2.75) is 13.8 Å². The zero-order chi connectivity index (χ0) is 20.1. The Kier molecular flexibility index (Phi) is 6.26. The molecule has 6 nitrogen and oxygen atoms in total. The molecular weight excluding hydrogens is 378 g/mol. The van der Waals surface area contributed by atoms with Gasteiger partial charge in [0.05, 0.1) is 18.1 Å². The first-order chi connectivity index (χ1) is 13.5. The Labute approximate surface area is 167 Å². The van der Waals surface area contributed by atoms with E-state index in [-0.39, 0.29) is 29.0 Å². The van der Waals surface area contributed by atoms with Crippen LogP contribution in [0.2, 0.25) is 0 Å². The largest absolute Gasteiger partial charge is 0.507 e. The van der Waals surface area contributed by atoms with Crippen LogP contribution in [0.25, 0.3) is 6.08 Å². The summed E-state index contributed by atoms with van der Waals surface area (Å²) in [4.78, 5) is 26.2. The van der Waals surface area contributed by atoms with Crippen molar-refractivity contribution < 1.29 is 24.2 Å². The Bertz CT molecular complexity index is 925. The molecule has 0 spiro atoms. The van der Waals surface area contributed by atoms with Crippen LogP contribution >= 0.6 is 11.8 Å². The van der Waals surface area contributed by atoms with Crippen LogP contribution in [0.15, 0.2) is 47.4 Å². The molecule has 0 aromatic heterocycles. The van der Waals surface area contributed by atoms with Crippen molar-refractivity contribution in [3.63, 3.8) is 0 Å². The average molecular weight is 399 g/mol. The standard InChI is InChI=1S/C21H21NO5S/c1-3-26-17-7-8-18(23)15(12-17)13-19-20(24)22(21(25)28-19)9-10-27-16-6-4-5-14(2)11-16/h4-8,11-13,23H,3,9-10H2,1-2H3/b19-13-. The van der Waals surface area contributed by atoms with Crippen molar-refractivity contribution in [2.75, 3.05) is 19.8 Å². The molecule has 0 atom stereocenters. The summed E-state index contributed by atoms with van der Waals surface area (Å²) in [5, 5.41) is 9.68. The number of imide groups is 1. The molecule has 0 radical (unpaired) electrons. The number of phenolic OH excluding ortho intramolecular Hbond substituents is 1. The molecule has 0 saturated carbocycles. The summed E-state index contributed by atoms with van der Waals surface area (Å²) >= 11 is 0.844. The molecule has 2 aromatic carbocycles. The second-order valence-electron chi connectivity index (χ2n) is 6.15. The Balaban J connectivity index is 1.67. The first kappa shape index (κ1) is 19.8. The molecule has 1 N–H and O–H groups in total. The van der Waals surface area contributed by atoms with Crippen LogP contribution in [0.3, 0.4) is 0 Å². The maximum absolute atomic E-state index is 12.6. The lowest BCUT2D eigenvalue weighted by Gasteiger charge is -2.13. The highest BCUT2D eigenvalue weighted by atomic mass is 32.2. The number of aryl methyl sites for hydroxylation is 1. The van der Waals surface area contributed by atoms with E-state index < -0.39 is 5.91 Å². The van der Waals surface area contributed by atoms with Crippen molar-refractivity contribution in [1.82, 2.24) is 4.90 Å². The van der Waals surface area contributed by atoms with Gasteiger partial charge >= 0.3 is 0 Å². The minimum absolute atomic E-state index is 0.0121. The van der Waals surface area contributed by atoms with Crippen molar-refractivity contribution >= 4 is 29.0 Å². The Hall–Kier alpha value is -2.93. The topological polar surface area (TPSA) is 76.1 Å². The quantitative estimate of drug-likeness (QED) is 0.703. The van der Waals surface area contributed by atoms with Crippen LogP contribution < -0.4 is 9.47 Å². The summed E-state index contributed by atoms with van der Waals surface area (Å²) in [6.45, 7) is 4.67. The van der Waals surface area contributed by atoms with Gasteiger partial charge in [0, 0.05) is 5.56 Å². The summed E-state index contributed by atoms with van der Waals surface area (Å²) in [5.41, 5.74) is 1.49. The van der Waals surface area contributed by atoms with Gasteiger partial charge in [-0.3, -0.25) is 14.5 Å². The van der Waals surface area contributed by atoms with Crippen LogP contribution in [-0.2, 0) is 4.79 Å². The summed E-state index contributed by atoms with van der Waals surface area (Å²) in [5.74, 6) is 0.889. The molecule has 1 aliphatic heterocycles. The van der Waals surface area contributed by atoms with Crippen LogP contribution in [-0.4, -0.2) is 40.9 Å². The van der Waals surface area contributed by atoms with Crippen molar-refractivity contribution in [3.8, 4) is 17.2 Å². The van der Waals surface area contributed by atoms with E-state index in [9.17, 15) is 14.7 Å². The van der Waals surface area contributed by atoms with Crippen LogP contribution in [0.4, 0.5) is 4.79 Å². The Morgan fingerprint density at radius 1 is 1.11 bits per heavy atom. The third kappa shape index (κ3) is 4.67. The van der Waals surface area contributed by atoms with Gasteiger partial charge in [-0.15, -0.1) is 0 Å². The predicted octanol–water partition coefficient (Wildman–Crippen LogP) is 4.21. The predicted molar refractivity (Wildman–Crippen MR) is 109 cm³/mol. The molecule has 2 aromatic rings. The zero-order valence-corrected chi connectivity index (χ0v) is 16.5. The van der Waals surface area contributed by atoms with Crippen molar-refractivity contribution in [3.05, 3.63) is 58.5 Å². The average Bonchev–Trinajstić information content (AvgIpc) is 2.92. The second-order valence-corrected chi connectivity index (χ2v) is 7.15. The molecule has 7 heteroatoms. The molecule has 3 rings (SSSR count). The Morgan fingerprint density at radius 3 is 2.64 bits per heavy atom. The maximum atomic E-state index is 12.6. The number of amides is 2. The third-order valence-electron chi connectivity index (χ3n) is 4.04. The molecule has 1 saturated heterocycles. The number of nitrogens with zero attached hydrogens (tertiary/aromatic N) is 1. The van der Waals surface area contributed by atoms with E-state index >= 15 is 0 Å². The van der Waals surface area contributed by atoms with Gasteiger partial charge in [0.15, 0.2) is 0 Å². The summed E-state index contributed by atoms with van der Waals surface area (Å²) in [6, 6.07) is 12.3. The smallest absolute Gasteiger partial charge is 0.293 e. The van der Waals surface area contributed by atoms with E-state index in [1.165, 1.54) is 12.1 Å². The molecular formula is C21H21NO5S. The van der Waals surface area contributed by atoms with Gasteiger partial charge in [-0.25, -0.2) is 0 Å². The van der Waals surface area contributed by atoms with E-state index in [1.54, 1.807) is 12.1 Å². The molecule has 0 unspecified atom stereocenters. The summed E-state index contributed by atoms with van der Waals surface area (Å²) < 4.78 is 11.0. The number of carbonyl (C=O) groups is 2. The van der Waals surface area contributed by atoms with Gasteiger partial charge in [-0.2, -0.15) is 0 Å². The fourth-order valence-corrected chi connectivity index (χ4v) is 3.55. The van der Waals surface area contributed by atoms with Crippen molar-refractivity contribution in [1.29, 1.82) is 0 Å². The van der Waals surface area contributed by atoms with Gasteiger partial charge in [0.25, 0.3) is 11.1 Å². The Morgan fingerprint density at radius 2 is 1.89 bits per heavy atom. The number of hydrogen-bond acceptors (Lipinski definition) is 6. The van der Waals surface area contributed by atoms with Gasteiger partial charge in [0.1, 0.15) is 23.9 Å². The van der Waals surface area contributed by atoms with Gasteiger partial charge in [-0.1, -0.05) is 12.1 Å². The van der Waals surface area contributed by atoms with Crippen molar-refractivity contribution in [2.24, 2.45) is 0 Å². The van der Waals surface area contributed by atoms with Gasteiger partial charge < -0.3 is 14.6 Å². The molecule has 0 aliphatic carbocycles. The molecule has 0 bridgehead atoms. The number of rotatable bonds is 7. The molecule has 2 amide bonds. The van der Waals surface area contributed by atoms with Crippen LogP contribution in [0.1, 0.15) is 18.1 Å². The van der Waals surface area contributed by atoms with E-state index in [4.69, 9.17) is 9.47 Å². The highest BCUT2D eigenvalue weighted by Crippen LogP contribution is 2.34. The number of hydrogen-bond donors (Lipinski definition) is 1. The summed E-state index contributed by atoms with van der Waals surface area (Å²) in [6.07, 6.45) is 1.50. The van der Waals surface area contributed by atoms with Gasteiger partial charge in [-0.05, 0) is 67.6 Å². The second kappa shape index (κ2) is 8.84. The number of phenols is 1. The maximum Gasteiger partial charge on any atom is 0.293 e. The van der Waals surface area contributed by atoms with E-state index in [2.05, 4.69) is 0 Å². The van der Waals surface area contributed by atoms with Crippen LogP contribution in [0.5, 0.6) is 17.2 Å². The summed E-state index contributed by atoms with van der Waals surface area (Å²) in [7, 11) is 0. The third-order valence-corrected chi connectivity index (χ3v) is 4.95. The lowest BCUT2D eigenvalue weighted by atomic mass is 10.1. The molecule has 28 heavy (non-hydrogen) atoms. The van der Waals surface area contributed by atoms with E-state index in [0.717, 1.165) is 22.2 Å². The highest BCUT2D eigenvalue weighted by molar-refractivity contribution is 8.18. The lowest BCUT2D eigenvalue weighted by Crippen LogP contribution is -2.32. The normalized spacial score (nSPS) is 15.4. The SMILES string of the molecule is CCOc1ccc(O)c(/C=C2\SC(=O)N(CCOc3cccc(C)c3)C2=O)c1. The molecule has 1 heterocycles.